The number of ether oxygens (including phenoxy) is 1. The molecule has 1 aliphatic heterocycles. The molecule has 0 fully saturated rings. The van der Waals surface area contributed by atoms with Gasteiger partial charge in [-0.15, -0.1) is 0 Å². The predicted octanol–water partition coefficient (Wildman–Crippen LogP) is 3.58. The van der Waals surface area contributed by atoms with Gasteiger partial charge >= 0.3 is 5.97 Å². The first-order valence-corrected chi connectivity index (χ1v) is 6.49. The molecule has 0 radical (unpaired) electrons. The minimum atomic E-state index is -0.489. The lowest BCUT2D eigenvalue weighted by Gasteiger charge is -2.25. The van der Waals surface area contributed by atoms with E-state index in [4.69, 9.17) is 27.9 Å². The summed E-state index contributed by atoms with van der Waals surface area (Å²) < 4.78 is 4.91. The highest BCUT2D eigenvalue weighted by Gasteiger charge is 2.26. The number of benzene rings is 1. The fraction of sp³-hybridized carbons (Fsp3) is 0.308. The van der Waals surface area contributed by atoms with Crippen molar-refractivity contribution in [3.8, 4) is 0 Å². The maximum atomic E-state index is 11.5. The minimum Gasteiger partial charge on any atom is -0.466 e. The van der Waals surface area contributed by atoms with Crippen LogP contribution in [0.1, 0.15) is 18.9 Å². The number of alkyl halides is 1. The zero-order valence-electron chi connectivity index (χ0n) is 9.87. The quantitative estimate of drug-likeness (QED) is 0.524. The first kappa shape index (κ1) is 13.2. The molecule has 0 unspecified atom stereocenters. The molecule has 1 aromatic rings. The molecule has 1 N–H and O–H groups in total. The second kappa shape index (κ2) is 5.63. The monoisotopic (exact) mass is 285 g/mol. The van der Waals surface area contributed by atoms with Crippen LogP contribution in [-0.4, -0.2) is 18.1 Å². The molecule has 0 bridgehead atoms. The maximum Gasteiger partial charge on any atom is 0.310 e. The first-order valence-electron chi connectivity index (χ1n) is 5.67. The van der Waals surface area contributed by atoms with Crippen LogP contribution in [0.3, 0.4) is 0 Å². The number of carbonyl (C=O) groups excluding carboxylic acids is 1. The van der Waals surface area contributed by atoms with Gasteiger partial charge in [-0.2, -0.15) is 0 Å². The fourth-order valence-electron chi connectivity index (χ4n) is 1.84. The van der Waals surface area contributed by atoms with E-state index in [1.165, 1.54) is 0 Å². The van der Waals surface area contributed by atoms with Crippen molar-refractivity contribution in [1.29, 1.82) is 0 Å². The maximum absolute atomic E-state index is 11.5. The van der Waals surface area contributed by atoms with Crippen LogP contribution < -0.4 is 5.32 Å². The molecule has 2 rings (SSSR count). The van der Waals surface area contributed by atoms with E-state index in [2.05, 4.69) is 5.32 Å². The number of para-hydroxylation sites is 1. The molecule has 1 atom stereocenters. The van der Waals surface area contributed by atoms with Gasteiger partial charge in [-0.3, -0.25) is 4.79 Å². The third-order valence-electron chi connectivity index (χ3n) is 2.67. The second-order valence-electron chi connectivity index (χ2n) is 3.87. The molecule has 0 amide bonds. The highest BCUT2D eigenvalue weighted by atomic mass is 35.5. The predicted molar refractivity (Wildman–Crippen MR) is 73.7 cm³/mol. The van der Waals surface area contributed by atoms with E-state index >= 15 is 0 Å². The molecule has 96 valence electrons. The average molecular weight is 286 g/mol. The van der Waals surface area contributed by atoms with Crippen LogP contribution in [0.4, 0.5) is 5.69 Å². The van der Waals surface area contributed by atoms with Crippen LogP contribution in [0.15, 0.2) is 29.8 Å². The third kappa shape index (κ3) is 2.62. The van der Waals surface area contributed by atoms with Crippen molar-refractivity contribution in [3.05, 3.63) is 35.4 Å². The summed E-state index contributed by atoms with van der Waals surface area (Å²) in [6, 6.07) is 7.57. The SMILES string of the molecule is CCOC(=O)CC1=C(Cl)c2ccccc2N[C@H]1Cl. The van der Waals surface area contributed by atoms with Crippen molar-refractivity contribution in [1.82, 2.24) is 0 Å². The molecule has 18 heavy (non-hydrogen) atoms. The number of fused-ring (bicyclic) bond motifs is 1. The lowest BCUT2D eigenvalue weighted by Crippen LogP contribution is -2.23. The average Bonchev–Trinajstić information content (AvgIpc) is 2.35. The molecule has 0 aromatic heterocycles. The van der Waals surface area contributed by atoms with Gasteiger partial charge in [0.05, 0.1) is 18.1 Å². The van der Waals surface area contributed by atoms with Gasteiger partial charge in [-0.05, 0) is 18.6 Å². The molecule has 3 nitrogen and oxygen atoms in total. The van der Waals surface area contributed by atoms with Crippen LogP contribution >= 0.6 is 23.2 Å². The van der Waals surface area contributed by atoms with E-state index in [0.717, 1.165) is 11.3 Å². The van der Waals surface area contributed by atoms with Gasteiger partial charge in [0.1, 0.15) is 5.50 Å². The third-order valence-corrected chi connectivity index (χ3v) is 3.49. The van der Waals surface area contributed by atoms with Crippen LogP contribution in [0.5, 0.6) is 0 Å². The van der Waals surface area contributed by atoms with E-state index in [9.17, 15) is 4.79 Å². The Morgan fingerprint density at radius 1 is 1.44 bits per heavy atom. The Labute approximate surface area is 116 Å². The molecule has 5 heteroatoms. The number of anilines is 1. The van der Waals surface area contributed by atoms with E-state index in [0.29, 0.717) is 17.2 Å². The molecule has 1 aromatic carbocycles. The zero-order valence-corrected chi connectivity index (χ0v) is 11.4. The van der Waals surface area contributed by atoms with Gasteiger partial charge in [-0.1, -0.05) is 41.4 Å². The van der Waals surface area contributed by atoms with Crippen molar-refractivity contribution < 1.29 is 9.53 Å². The number of hydrogen-bond donors (Lipinski definition) is 1. The van der Waals surface area contributed by atoms with Crippen molar-refractivity contribution in [3.63, 3.8) is 0 Å². The minimum absolute atomic E-state index is 0.0994. The molecule has 0 saturated carbocycles. The molecule has 0 saturated heterocycles. The van der Waals surface area contributed by atoms with Gasteiger partial charge in [0.15, 0.2) is 0 Å². The molecule has 0 spiro atoms. The summed E-state index contributed by atoms with van der Waals surface area (Å²) in [4.78, 5) is 11.5. The lowest BCUT2D eigenvalue weighted by molar-refractivity contribution is -0.142. The van der Waals surface area contributed by atoms with Crippen molar-refractivity contribution in [2.45, 2.75) is 18.8 Å². The van der Waals surface area contributed by atoms with Crippen LogP contribution in [0.2, 0.25) is 0 Å². The summed E-state index contributed by atoms with van der Waals surface area (Å²) in [6.45, 7) is 2.11. The topological polar surface area (TPSA) is 38.3 Å². The summed E-state index contributed by atoms with van der Waals surface area (Å²) in [5.41, 5.74) is 1.89. The van der Waals surface area contributed by atoms with Gasteiger partial charge in [0.25, 0.3) is 0 Å². The number of hydrogen-bond acceptors (Lipinski definition) is 3. The number of nitrogens with one attached hydrogen (secondary N) is 1. The summed E-state index contributed by atoms with van der Waals surface area (Å²) in [6.07, 6.45) is 0.0994. The Bertz CT molecular complexity index is 500. The summed E-state index contributed by atoms with van der Waals surface area (Å²) in [5, 5.41) is 3.63. The standard InChI is InChI=1S/C13H13Cl2NO2/c1-2-18-11(17)7-9-12(14)8-5-3-4-6-10(8)16-13(9)15/h3-6,13,16H,2,7H2,1H3/t13-/m1/s1. The van der Waals surface area contributed by atoms with Gasteiger partial charge < -0.3 is 10.1 Å². The summed E-state index contributed by atoms with van der Waals surface area (Å²) in [7, 11) is 0. The number of halogens is 2. The van der Waals surface area contributed by atoms with Gasteiger partial charge in [0.2, 0.25) is 0 Å². The highest BCUT2D eigenvalue weighted by molar-refractivity contribution is 6.51. The summed E-state index contributed by atoms with van der Waals surface area (Å²) >= 11 is 12.5. The summed E-state index contributed by atoms with van der Waals surface area (Å²) in [5.74, 6) is -0.322. The zero-order chi connectivity index (χ0) is 13.1. The largest absolute Gasteiger partial charge is 0.466 e. The Hall–Kier alpha value is -1.19. The van der Waals surface area contributed by atoms with Crippen molar-refractivity contribution >= 4 is 39.9 Å². The Morgan fingerprint density at radius 3 is 2.89 bits per heavy atom. The number of esters is 1. The molecule has 1 heterocycles. The number of rotatable bonds is 3. The second-order valence-corrected chi connectivity index (χ2v) is 4.69. The first-order chi connectivity index (χ1) is 8.63. The van der Waals surface area contributed by atoms with E-state index in [1.54, 1.807) is 6.92 Å². The molecule has 0 aliphatic carbocycles. The molecule has 1 aliphatic rings. The normalized spacial score (nSPS) is 18.1. The van der Waals surface area contributed by atoms with Crippen molar-refractivity contribution in [2.75, 3.05) is 11.9 Å². The fourth-order valence-corrected chi connectivity index (χ4v) is 2.54. The molecular weight excluding hydrogens is 273 g/mol. The Balaban J connectivity index is 2.31. The van der Waals surface area contributed by atoms with Crippen LogP contribution in [-0.2, 0) is 9.53 Å². The number of carbonyl (C=O) groups is 1. The smallest absolute Gasteiger partial charge is 0.310 e. The van der Waals surface area contributed by atoms with Crippen LogP contribution in [0.25, 0.3) is 5.03 Å². The Morgan fingerprint density at radius 2 is 2.17 bits per heavy atom. The van der Waals surface area contributed by atoms with E-state index < -0.39 is 5.50 Å². The van der Waals surface area contributed by atoms with Crippen molar-refractivity contribution in [2.24, 2.45) is 0 Å². The van der Waals surface area contributed by atoms with E-state index in [1.807, 2.05) is 24.3 Å². The highest BCUT2D eigenvalue weighted by Crippen LogP contribution is 2.38. The molecular formula is C13H13Cl2NO2. The van der Waals surface area contributed by atoms with E-state index in [-0.39, 0.29) is 12.4 Å². The Kier molecular flexibility index (Phi) is 4.15. The lowest BCUT2D eigenvalue weighted by atomic mass is 10.0. The van der Waals surface area contributed by atoms with Gasteiger partial charge in [0, 0.05) is 11.3 Å². The van der Waals surface area contributed by atoms with Gasteiger partial charge in [-0.25, -0.2) is 0 Å². The van der Waals surface area contributed by atoms with Crippen LogP contribution in [0, 0.1) is 0 Å².